The van der Waals surface area contributed by atoms with Crippen LogP contribution in [-0.4, -0.2) is 48.7 Å². The van der Waals surface area contributed by atoms with Crippen molar-refractivity contribution >= 4 is 29.1 Å². The fourth-order valence-electron chi connectivity index (χ4n) is 3.09. The Morgan fingerprint density at radius 3 is 2.23 bits per heavy atom. The minimum absolute atomic E-state index is 0.0947. The van der Waals surface area contributed by atoms with Crippen molar-refractivity contribution in [3.05, 3.63) is 29.2 Å². The smallest absolute Gasteiger partial charge is 0.234 e. The number of aromatic nitrogens is 2. The number of methoxy groups -OCH3 is 3. The molecule has 1 saturated carbocycles. The number of carbonyl (C=O) groups is 2. The third-order valence-corrected chi connectivity index (χ3v) is 5.63. The fraction of sp³-hybridized carbons (Fsp3) is 0.429. The lowest BCUT2D eigenvalue weighted by atomic mass is 10.2. The summed E-state index contributed by atoms with van der Waals surface area (Å²) in [5.41, 5.74) is 1.65. The Labute approximate surface area is 179 Å². The van der Waals surface area contributed by atoms with Crippen LogP contribution in [0, 0.1) is 6.92 Å². The zero-order chi connectivity index (χ0) is 21.8. The average Bonchev–Trinajstić information content (AvgIpc) is 3.56. The summed E-state index contributed by atoms with van der Waals surface area (Å²) in [6.45, 7) is 3.30. The number of ether oxygens (including phenoxy) is 3. The van der Waals surface area contributed by atoms with E-state index in [4.69, 9.17) is 14.2 Å². The Bertz CT molecular complexity index is 950. The van der Waals surface area contributed by atoms with Gasteiger partial charge in [-0.15, -0.1) is 0 Å². The molecule has 1 aromatic heterocycles. The third-order valence-electron chi connectivity index (χ3n) is 4.66. The van der Waals surface area contributed by atoms with Crippen LogP contribution >= 0.6 is 11.8 Å². The number of aryl methyl sites for hydroxylation is 1. The molecule has 9 heteroatoms. The van der Waals surface area contributed by atoms with Crippen LogP contribution in [0.2, 0.25) is 0 Å². The van der Waals surface area contributed by atoms with Crippen LogP contribution in [0.4, 0.5) is 5.69 Å². The number of carbonyl (C=O) groups excluding carboxylic acids is 2. The lowest BCUT2D eigenvalue weighted by Gasteiger charge is -2.15. The molecule has 2 aromatic rings. The van der Waals surface area contributed by atoms with E-state index < -0.39 is 0 Å². The van der Waals surface area contributed by atoms with E-state index in [0.717, 1.165) is 18.7 Å². The highest BCUT2D eigenvalue weighted by molar-refractivity contribution is 8.00. The first-order valence-corrected chi connectivity index (χ1v) is 10.5. The number of Topliss-reactive ketones (excluding diaryl/α,β-unsaturated/α-hetero) is 1. The number of benzene rings is 1. The molecule has 1 fully saturated rings. The van der Waals surface area contributed by atoms with Crippen LogP contribution in [0.3, 0.4) is 0 Å². The normalized spacial score (nSPS) is 13.0. The Balaban J connectivity index is 1.76. The van der Waals surface area contributed by atoms with Gasteiger partial charge in [0.1, 0.15) is 10.9 Å². The fourth-order valence-corrected chi connectivity index (χ4v) is 4.02. The zero-order valence-corrected chi connectivity index (χ0v) is 18.5. The maximum Gasteiger partial charge on any atom is 0.234 e. The molecular formula is C21H25N3O5S. The standard InChI is InChI=1S/C21H25N3O5S/c1-11-18(12(2)25)21(24-20(22-11)13-6-7-13)30-10-17(26)23-14-8-15(27-3)19(29-5)16(9-14)28-4/h8-9,13H,6-7,10H2,1-5H3,(H,23,26). The number of nitrogens with one attached hydrogen (secondary N) is 1. The molecule has 1 aliphatic rings. The molecule has 1 N–H and O–H groups in total. The zero-order valence-electron chi connectivity index (χ0n) is 17.7. The van der Waals surface area contributed by atoms with E-state index in [1.165, 1.54) is 40.0 Å². The van der Waals surface area contributed by atoms with Crippen molar-refractivity contribution in [1.29, 1.82) is 0 Å². The van der Waals surface area contributed by atoms with Gasteiger partial charge in [-0.05, 0) is 26.7 Å². The number of ketones is 1. The number of thioether (sulfide) groups is 1. The second kappa shape index (κ2) is 9.34. The molecule has 0 bridgehead atoms. The van der Waals surface area contributed by atoms with Gasteiger partial charge in [-0.25, -0.2) is 9.97 Å². The molecule has 0 unspecified atom stereocenters. The van der Waals surface area contributed by atoms with E-state index in [2.05, 4.69) is 15.3 Å². The molecule has 1 heterocycles. The summed E-state index contributed by atoms with van der Waals surface area (Å²) in [6, 6.07) is 3.32. The minimum atomic E-state index is -0.243. The van der Waals surface area contributed by atoms with Gasteiger partial charge in [-0.2, -0.15) is 0 Å². The van der Waals surface area contributed by atoms with Crippen LogP contribution in [0.5, 0.6) is 17.2 Å². The van der Waals surface area contributed by atoms with Gasteiger partial charge in [0.15, 0.2) is 17.3 Å². The van der Waals surface area contributed by atoms with Gasteiger partial charge in [-0.3, -0.25) is 9.59 Å². The van der Waals surface area contributed by atoms with Gasteiger partial charge < -0.3 is 19.5 Å². The summed E-state index contributed by atoms with van der Waals surface area (Å²) in [5.74, 6) is 2.19. The second-order valence-corrected chi connectivity index (χ2v) is 7.89. The van der Waals surface area contributed by atoms with Crippen molar-refractivity contribution < 1.29 is 23.8 Å². The first-order valence-electron chi connectivity index (χ1n) is 9.50. The Morgan fingerprint density at radius 1 is 1.10 bits per heavy atom. The molecule has 1 aromatic carbocycles. The summed E-state index contributed by atoms with van der Waals surface area (Å²) >= 11 is 1.23. The molecule has 160 valence electrons. The average molecular weight is 432 g/mol. The number of amides is 1. The Hall–Kier alpha value is -2.81. The van der Waals surface area contributed by atoms with Crippen molar-refractivity contribution in [3.8, 4) is 17.2 Å². The second-order valence-electron chi connectivity index (χ2n) is 6.93. The molecule has 0 aliphatic heterocycles. The van der Waals surface area contributed by atoms with Crippen molar-refractivity contribution in [2.45, 2.75) is 37.6 Å². The van der Waals surface area contributed by atoms with Gasteiger partial charge in [0.05, 0.1) is 38.3 Å². The van der Waals surface area contributed by atoms with Crippen LogP contribution < -0.4 is 19.5 Å². The lowest BCUT2D eigenvalue weighted by molar-refractivity contribution is -0.113. The van der Waals surface area contributed by atoms with Crippen molar-refractivity contribution in [1.82, 2.24) is 9.97 Å². The predicted molar refractivity (Wildman–Crippen MR) is 114 cm³/mol. The number of hydrogen-bond donors (Lipinski definition) is 1. The third kappa shape index (κ3) is 4.84. The van der Waals surface area contributed by atoms with Gasteiger partial charge >= 0.3 is 0 Å². The molecule has 8 nitrogen and oxygen atoms in total. The first-order chi connectivity index (χ1) is 14.4. The van der Waals surface area contributed by atoms with Crippen molar-refractivity contribution in [2.24, 2.45) is 0 Å². The van der Waals surface area contributed by atoms with Crippen LogP contribution in [0.15, 0.2) is 17.2 Å². The summed E-state index contributed by atoms with van der Waals surface area (Å²) < 4.78 is 15.9. The molecule has 0 atom stereocenters. The van der Waals surface area contributed by atoms with E-state index in [1.54, 1.807) is 12.1 Å². The molecule has 3 rings (SSSR count). The lowest BCUT2D eigenvalue weighted by Crippen LogP contribution is -2.15. The molecule has 0 radical (unpaired) electrons. The highest BCUT2D eigenvalue weighted by atomic mass is 32.2. The van der Waals surface area contributed by atoms with E-state index in [9.17, 15) is 9.59 Å². The summed E-state index contributed by atoms with van der Waals surface area (Å²) in [6.07, 6.45) is 2.12. The SMILES string of the molecule is COc1cc(NC(=O)CSc2nc(C3CC3)nc(C)c2C(C)=O)cc(OC)c1OC. The van der Waals surface area contributed by atoms with E-state index in [-0.39, 0.29) is 17.4 Å². The van der Waals surface area contributed by atoms with Crippen LogP contribution in [-0.2, 0) is 4.79 Å². The topological polar surface area (TPSA) is 99.6 Å². The van der Waals surface area contributed by atoms with Gasteiger partial charge in [0.2, 0.25) is 11.7 Å². The van der Waals surface area contributed by atoms with Gasteiger partial charge in [0, 0.05) is 23.7 Å². The van der Waals surface area contributed by atoms with E-state index >= 15 is 0 Å². The Morgan fingerprint density at radius 2 is 1.73 bits per heavy atom. The Kier molecular flexibility index (Phi) is 6.81. The monoisotopic (exact) mass is 431 g/mol. The summed E-state index contributed by atoms with van der Waals surface area (Å²) in [5, 5.41) is 3.38. The first kappa shape index (κ1) is 21.9. The minimum Gasteiger partial charge on any atom is -0.493 e. The maximum atomic E-state index is 12.6. The van der Waals surface area contributed by atoms with Gasteiger partial charge in [0.25, 0.3) is 0 Å². The summed E-state index contributed by atoms with van der Waals surface area (Å²) in [7, 11) is 4.54. The van der Waals surface area contributed by atoms with E-state index in [0.29, 0.717) is 45.1 Å². The number of nitrogens with zero attached hydrogens (tertiary/aromatic N) is 2. The van der Waals surface area contributed by atoms with Crippen LogP contribution in [0.1, 0.15) is 47.6 Å². The van der Waals surface area contributed by atoms with Crippen molar-refractivity contribution in [2.75, 3.05) is 32.4 Å². The molecule has 0 saturated heterocycles. The highest BCUT2D eigenvalue weighted by Crippen LogP contribution is 2.41. The maximum absolute atomic E-state index is 12.6. The van der Waals surface area contributed by atoms with Crippen LogP contribution in [0.25, 0.3) is 0 Å². The molecule has 30 heavy (non-hydrogen) atoms. The van der Waals surface area contributed by atoms with E-state index in [1.807, 2.05) is 6.92 Å². The number of hydrogen-bond acceptors (Lipinski definition) is 8. The summed E-state index contributed by atoms with van der Waals surface area (Å²) in [4.78, 5) is 33.7. The predicted octanol–water partition coefficient (Wildman–Crippen LogP) is 3.62. The molecular weight excluding hydrogens is 406 g/mol. The quantitative estimate of drug-likeness (QED) is 0.365. The number of rotatable bonds is 9. The number of anilines is 1. The molecule has 0 spiro atoms. The van der Waals surface area contributed by atoms with Gasteiger partial charge in [-0.1, -0.05) is 11.8 Å². The largest absolute Gasteiger partial charge is 0.493 e. The highest BCUT2D eigenvalue weighted by Gasteiger charge is 2.29. The molecule has 1 aliphatic carbocycles. The van der Waals surface area contributed by atoms with Crippen molar-refractivity contribution in [3.63, 3.8) is 0 Å². The molecule has 1 amide bonds.